The second-order valence-corrected chi connectivity index (χ2v) is 6.13. The molecule has 0 saturated carbocycles. The Kier molecular flexibility index (Phi) is 5.21. The van der Waals surface area contributed by atoms with Gasteiger partial charge in [-0.05, 0) is 50.6 Å². The summed E-state index contributed by atoms with van der Waals surface area (Å²) in [7, 11) is 0. The highest BCUT2D eigenvalue weighted by Crippen LogP contribution is 2.28. The smallest absolute Gasteiger partial charge is 0.387 e. The predicted octanol–water partition coefficient (Wildman–Crippen LogP) is 4.65. The van der Waals surface area contributed by atoms with Crippen molar-refractivity contribution in [2.24, 2.45) is 0 Å². The molecule has 1 N–H and O–H groups in total. The number of aromatic nitrogens is 2. The van der Waals surface area contributed by atoms with Gasteiger partial charge in [0, 0.05) is 0 Å². The number of carbonyl (C=O) groups excluding carboxylic acids is 1. The molecule has 5 nitrogen and oxygen atoms in total. The third-order valence-electron chi connectivity index (χ3n) is 4.12. The van der Waals surface area contributed by atoms with Crippen molar-refractivity contribution in [2.45, 2.75) is 27.4 Å². The van der Waals surface area contributed by atoms with E-state index >= 15 is 0 Å². The van der Waals surface area contributed by atoms with Crippen molar-refractivity contribution in [2.75, 3.05) is 5.32 Å². The summed E-state index contributed by atoms with van der Waals surface area (Å²) >= 11 is 0. The Hall–Kier alpha value is -3.22. The zero-order valence-electron chi connectivity index (χ0n) is 15.2. The third-order valence-corrected chi connectivity index (χ3v) is 4.12. The molecule has 1 aromatic heterocycles. The van der Waals surface area contributed by atoms with Gasteiger partial charge >= 0.3 is 6.61 Å². The average Bonchev–Trinajstić information content (AvgIpc) is 2.92. The monoisotopic (exact) mass is 371 g/mol. The molecule has 1 heterocycles. The van der Waals surface area contributed by atoms with Gasteiger partial charge in [-0.2, -0.15) is 13.9 Å². The van der Waals surface area contributed by atoms with E-state index in [9.17, 15) is 13.6 Å². The summed E-state index contributed by atoms with van der Waals surface area (Å²) in [5.74, 6) is -0.522. The van der Waals surface area contributed by atoms with Crippen molar-refractivity contribution in [1.82, 2.24) is 9.78 Å². The molecule has 1 amide bonds. The maximum absolute atomic E-state index is 12.8. The first-order valence-corrected chi connectivity index (χ1v) is 8.35. The zero-order chi connectivity index (χ0) is 19.6. The minimum absolute atomic E-state index is 0.0882. The Morgan fingerprint density at radius 3 is 2.48 bits per heavy atom. The number of alkyl halides is 2. The Bertz CT molecular complexity index is 969. The number of anilines is 1. The van der Waals surface area contributed by atoms with E-state index < -0.39 is 12.5 Å². The second kappa shape index (κ2) is 7.57. The maximum atomic E-state index is 12.8. The van der Waals surface area contributed by atoms with Crippen molar-refractivity contribution < 1.29 is 18.3 Å². The molecule has 2 aromatic carbocycles. The Morgan fingerprint density at radius 1 is 1.11 bits per heavy atom. The largest absolute Gasteiger partial charge is 0.433 e. The molecular formula is C20H19F2N3O2. The normalized spacial score (nSPS) is 10.9. The van der Waals surface area contributed by atoms with Crippen LogP contribution >= 0.6 is 0 Å². The molecule has 0 aliphatic rings. The van der Waals surface area contributed by atoms with Gasteiger partial charge in [-0.25, -0.2) is 4.68 Å². The molecule has 0 radical (unpaired) electrons. The van der Waals surface area contributed by atoms with Crippen molar-refractivity contribution in [1.29, 1.82) is 0 Å². The Balaban J connectivity index is 1.94. The average molecular weight is 371 g/mol. The van der Waals surface area contributed by atoms with E-state index in [4.69, 9.17) is 0 Å². The third kappa shape index (κ3) is 3.97. The van der Waals surface area contributed by atoms with Crippen LogP contribution in [0.2, 0.25) is 0 Å². The van der Waals surface area contributed by atoms with Crippen LogP contribution in [0.5, 0.6) is 5.75 Å². The molecule has 3 aromatic rings. The van der Waals surface area contributed by atoms with Crippen LogP contribution in [0.15, 0.2) is 48.5 Å². The fourth-order valence-corrected chi connectivity index (χ4v) is 2.92. The fourth-order valence-electron chi connectivity index (χ4n) is 2.92. The van der Waals surface area contributed by atoms with E-state index in [-0.39, 0.29) is 11.4 Å². The predicted molar refractivity (Wildman–Crippen MR) is 98.8 cm³/mol. The van der Waals surface area contributed by atoms with Crippen molar-refractivity contribution in [3.05, 3.63) is 71.0 Å². The minimum Gasteiger partial charge on any atom is -0.433 e. The van der Waals surface area contributed by atoms with Crippen LogP contribution in [0.1, 0.15) is 27.3 Å². The first kappa shape index (κ1) is 18.6. The molecule has 0 unspecified atom stereocenters. The van der Waals surface area contributed by atoms with Gasteiger partial charge < -0.3 is 10.1 Å². The van der Waals surface area contributed by atoms with Gasteiger partial charge in [0.05, 0.1) is 28.3 Å². The van der Waals surface area contributed by atoms with E-state index in [1.54, 1.807) is 37.6 Å². The molecule has 7 heteroatoms. The van der Waals surface area contributed by atoms with Gasteiger partial charge in [0.25, 0.3) is 5.91 Å². The molecule has 27 heavy (non-hydrogen) atoms. The van der Waals surface area contributed by atoms with Crippen molar-refractivity contribution in [3.63, 3.8) is 0 Å². The highest BCUT2D eigenvalue weighted by atomic mass is 19.3. The van der Waals surface area contributed by atoms with E-state index in [2.05, 4.69) is 15.2 Å². The summed E-state index contributed by atoms with van der Waals surface area (Å²) in [5, 5.41) is 7.10. The van der Waals surface area contributed by atoms with Crippen LogP contribution < -0.4 is 10.1 Å². The number of aryl methyl sites for hydroxylation is 2. The highest BCUT2D eigenvalue weighted by Gasteiger charge is 2.21. The molecule has 0 atom stereocenters. The van der Waals surface area contributed by atoms with Crippen LogP contribution in [0, 0.1) is 20.8 Å². The number of carbonyl (C=O) groups is 1. The summed E-state index contributed by atoms with van der Waals surface area (Å²) < 4.78 is 31.4. The van der Waals surface area contributed by atoms with Crippen LogP contribution in [0.4, 0.5) is 14.5 Å². The number of nitrogens with one attached hydrogen (secondary N) is 1. The Morgan fingerprint density at radius 2 is 1.81 bits per heavy atom. The number of benzene rings is 2. The highest BCUT2D eigenvalue weighted by molar-refractivity contribution is 6.06. The van der Waals surface area contributed by atoms with Crippen LogP contribution in [-0.2, 0) is 0 Å². The number of para-hydroxylation sites is 1. The van der Waals surface area contributed by atoms with Gasteiger partial charge in [0.2, 0.25) is 0 Å². The number of halogens is 2. The number of ether oxygens (including phenoxy) is 1. The summed E-state index contributed by atoms with van der Waals surface area (Å²) in [6.07, 6.45) is 0. The summed E-state index contributed by atoms with van der Waals surface area (Å²) in [6.45, 7) is 2.34. The molecule has 0 aliphatic carbocycles. The molecule has 0 aliphatic heterocycles. The first-order chi connectivity index (χ1) is 12.9. The van der Waals surface area contributed by atoms with E-state index in [1.807, 2.05) is 30.3 Å². The summed E-state index contributed by atoms with van der Waals surface area (Å²) in [6, 6.07) is 14.1. The number of hydrogen-bond donors (Lipinski definition) is 1. The lowest BCUT2D eigenvalue weighted by atomic mass is 10.1. The number of amides is 1. The first-order valence-electron chi connectivity index (χ1n) is 8.35. The Labute approximate surface area is 155 Å². The van der Waals surface area contributed by atoms with Gasteiger partial charge in [-0.1, -0.05) is 24.3 Å². The standard InChI is InChI=1S/C20H19F2N3O2/c1-12-9-10-17(27-20(21)22)16(11-12)23-19(26)18-13(2)24-25(14(18)3)15-7-5-4-6-8-15/h4-11,20H,1-3H3,(H,23,26). The molecule has 0 spiro atoms. The topological polar surface area (TPSA) is 56.1 Å². The van der Waals surface area contributed by atoms with Crippen LogP contribution in [0.3, 0.4) is 0 Å². The molecule has 3 rings (SSSR count). The van der Waals surface area contributed by atoms with Crippen molar-refractivity contribution >= 4 is 11.6 Å². The van der Waals surface area contributed by atoms with Gasteiger partial charge in [-0.15, -0.1) is 0 Å². The van der Waals surface area contributed by atoms with E-state index in [0.717, 1.165) is 11.3 Å². The molecule has 0 saturated heterocycles. The lowest BCUT2D eigenvalue weighted by molar-refractivity contribution is -0.0493. The zero-order valence-corrected chi connectivity index (χ0v) is 15.2. The van der Waals surface area contributed by atoms with E-state index in [0.29, 0.717) is 17.0 Å². The van der Waals surface area contributed by atoms with Crippen LogP contribution in [-0.4, -0.2) is 22.3 Å². The second-order valence-electron chi connectivity index (χ2n) is 6.13. The summed E-state index contributed by atoms with van der Waals surface area (Å²) in [4.78, 5) is 12.8. The number of hydrogen-bond acceptors (Lipinski definition) is 3. The minimum atomic E-state index is -2.98. The van der Waals surface area contributed by atoms with Crippen LogP contribution in [0.25, 0.3) is 5.69 Å². The molecular weight excluding hydrogens is 352 g/mol. The maximum Gasteiger partial charge on any atom is 0.387 e. The molecule has 0 bridgehead atoms. The number of nitrogens with zero attached hydrogens (tertiary/aromatic N) is 2. The fraction of sp³-hybridized carbons (Fsp3) is 0.200. The van der Waals surface area contributed by atoms with Gasteiger partial charge in [-0.3, -0.25) is 4.79 Å². The van der Waals surface area contributed by atoms with Gasteiger partial charge in [0.1, 0.15) is 5.75 Å². The van der Waals surface area contributed by atoms with E-state index in [1.165, 1.54) is 6.07 Å². The quantitative estimate of drug-likeness (QED) is 0.710. The SMILES string of the molecule is Cc1ccc(OC(F)F)c(NC(=O)c2c(C)nn(-c3ccccc3)c2C)c1. The van der Waals surface area contributed by atoms with Gasteiger partial charge in [0.15, 0.2) is 0 Å². The van der Waals surface area contributed by atoms with Crippen molar-refractivity contribution in [3.8, 4) is 11.4 Å². The summed E-state index contributed by atoms with van der Waals surface area (Å²) in [5.41, 5.74) is 3.41. The molecule has 140 valence electrons. The lowest BCUT2D eigenvalue weighted by Crippen LogP contribution is -2.16. The number of rotatable bonds is 5. The lowest BCUT2D eigenvalue weighted by Gasteiger charge is -2.13. The molecule has 0 fully saturated rings.